The first-order chi connectivity index (χ1) is 19.9. The zero-order chi connectivity index (χ0) is 29.5. The Morgan fingerprint density at radius 3 is 2.07 bits per heavy atom. The number of aromatic nitrogens is 1. The fraction of sp³-hybridized carbons (Fsp3) is 0.517. The first-order valence-corrected chi connectivity index (χ1v) is 13.6. The highest BCUT2D eigenvalue weighted by Gasteiger charge is 2.21. The molecule has 0 spiro atoms. The number of hydrogen-bond acceptors (Lipinski definition) is 12. The van der Waals surface area contributed by atoms with Gasteiger partial charge in [0.1, 0.15) is 6.61 Å². The number of rotatable bonds is 16. The van der Waals surface area contributed by atoms with Crippen molar-refractivity contribution in [3.8, 4) is 17.2 Å². The first kappa shape index (κ1) is 31.6. The average molecular weight is 574 g/mol. The molecule has 0 saturated carbocycles. The third kappa shape index (κ3) is 10.2. The SMILES string of the molecule is COc1ccc(CN2CCN(CCOC(=O)CCC(=O)OCCCOC(=O)c3cccnc3)CC2)c(OC)c1OC. The van der Waals surface area contributed by atoms with Gasteiger partial charge in [-0.25, -0.2) is 4.79 Å². The number of nitrogens with zero attached hydrogens (tertiary/aromatic N) is 3. The molecule has 1 aliphatic heterocycles. The smallest absolute Gasteiger partial charge is 0.339 e. The Balaban J connectivity index is 1.24. The van der Waals surface area contributed by atoms with Gasteiger partial charge in [-0.2, -0.15) is 0 Å². The summed E-state index contributed by atoms with van der Waals surface area (Å²) in [6.07, 6.45) is 3.23. The molecule has 0 bridgehead atoms. The van der Waals surface area contributed by atoms with Gasteiger partial charge in [-0.3, -0.25) is 24.4 Å². The van der Waals surface area contributed by atoms with E-state index >= 15 is 0 Å². The summed E-state index contributed by atoms with van der Waals surface area (Å²) < 4.78 is 31.9. The lowest BCUT2D eigenvalue weighted by atomic mass is 10.1. The minimum absolute atomic E-state index is 0.0459. The van der Waals surface area contributed by atoms with E-state index in [4.69, 9.17) is 28.4 Å². The minimum atomic E-state index is -0.497. The van der Waals surface area contributed by atoms with Crippen molar-refractivity contribution in [3.63, 3.8) is 0 Å². The van der Waals surface area contributed by atoms with E-state index in [0.717, 1.165) is 38.3 Å². The second-order valence-electron chi connectivity index (χ2n) is 9.28. The summed E-state index contributed by atoms with van der Waals surface area (Å²) in [5, 5.41) is 0. The summed E-state index contributed by atoms with van der Waals surface area (Å²) in [5.41, 5.74) is 1.38. The van der Waals surface area contributed by atoms with Gasteiger partial charge in [0.15, 0.2) is 11.5 Å². The molecule has 0 atom stereocenters. The molecule has 1 saturated heterocycles. The number of pyridine rings is 1. The van der Waals surface area contributed by atoms with E-state index in [1.54, 1.807) is 39.7 Å². The number of benzene rings is 1. The number of esters is 3. The van der Waals surface area contributed by atoms with Crippen LogP contribution in [0.2, 0.25) is 0 Å². The fourth-order valence-electron chi connectivity index (χ4n) is 4.31. The third-order valence-electron chi connectivity index (χ3n) is 6.53. The molecule has 0 aliphatic carbocycles. The van der Waals surface area contributed by atoms with E-state index in [2.05, 4.69) is 14.8 Å². The van der Waals surface area contributed by atoms with Crippen LogP contribution in [0.1, 0.15) is 35.2 Å². The molecule has 1 fully saturated rings. The van der Waals surface area contributed by atoms with Crippen molar-refractivity contribution in [2.24, 2.45) is 0 Å². The molecule has 0 N–H and O–H groups in total. The molecular formula is C29H39N3O9. The van der Waals surface area contributed by atoms with Crippen LogP contribution in [0.25, 0.3) is 0 Å². The predicted molar refractivity (Wildman–Crippen MR) is 148 cm³/mol. The molecule has 0 unspecified atom stereocenters. The zero-order valence-electron chi connectivity index (χ0n) is 24.0. The molecule has 1 aliphatic rings. The second kappa shape index (κ2) is 17.0. The zero-order valence-corrected chi connectivity index (χ0v) is 24.0. The van der Waals surface area contributed by atoms with Crippen LogP contribution in [0.5, 0.6) is 17.2 Å². The summed E-state index contributed by atoms with van der Waals surface area (Å²) in [6, 6.07) is 7.12. The third-order valence-corrected chi connectivity index (χ3v) is 6.53. The van der Waals surface area contributed by atoms with Crippen LogP contribution in [0, 0.1) is 0 Å². The van der Waals surface area contributed by atoms with Crippen LogP contribution in [-0.4, -0.2) is 107 Å². The molecular weight excluding hydrogens is 534 g/mol. The highest BCUT2D eigenvalue weighted by molar-refractivity contribution is 5.88. The molecule has 2 heterocycles. The van der Waals surface area contributed by atoms with Crippen LogP contribution in [0.3, 0.4) is 0 Å². The van der Waals surface area contributed by atoms with Crippen molar-refractivity contribution in [1.29, 1.82) is 0 Å². The maximum Gasteiger partial charge on any atom is 0.339 e. The van der Waals surface area contributed by atoms with E-state index in [9.17, 15) is 14.4 Å². The number of carbonyl (C=O) groups excluding carboxylic acids is 3. The highest BCUT2D eigenvalue weighted by atomic mass is 16.6. The Labute approximate surface area is 240 Å². The van der Waals surface area contributed by atoms with Crippen molar-refractivity contribution in [2.75, 3.05) is 73.9 Å². The monoisotopic (exact) mass is 573 g/mol. The standard InChI is InChI=1S/C29H39N3O9/c1-36-24-8-7-23(27(37-2)28(24)38-3)21-32-14-12-31(13-15-32)16-19-40-26(34)10-9-25(33)39-17-5-18-41-29(35)22-6-4-11-30-20-22/h4,6-8,11,20H,5,9-10,12-19,21H2,1-3H3. The Bertz CT molecular complexity index is 1120. The summed E-state index contributed by atoms with van der Waals surface area (Å²) in [5.74, 6) is 0.466. The van der Waals surface area contributed by atoms with E-state index < -0.39 is 17.9 Å². The van der Waals surface area contributed by atoms with Gasteiger partial charge in [0.05, 0.1) is 52.9 Å². The summed E-state index contributed by atoms with van der Waals surface area (Å²) in [7, 11) is 4.81. The lowest BCUT2D eigenvalue weighted by Gasteiger charge is -2.34. The molecule has 2 aromatic rings. The van der Waals surface area contributed by atoms with Crippen LogP contribution >= 0.6 is 0 Å². The number of hydrogen-bond donors (Lipinski definition) is 0. The Morgan fingerprint density at radius 2 is 1.44 bits per heavy atom. The second-order valence-corrected chi connectivity index (χ2v) is 9.28. The Hall–Kier alpha value is -3.90. The van der Waals surface area contributed by atoms with Crippen LogP contribution < -0.4 is 14.2 Å². The number of methoxy groups -OCH3 is 3. The quantitative estimate of drug-likeness (QED) is 0.166. The van der Waals surface area contributed by atoms with Crippen molar-refractivity contribution in [2.45, 2.75) is 25.8 Å². The molecule has 1 aromatic carbocycles. The van der Waals surface area contributed by atoms with E-state index in [-0.39, 0.29) is 32.7 Å². The predicted octanol–water partition coefficient (Wildman–Crippen LogP) is 2.34. The maximum atomic E-state index is 12.0. The summed E-state index contributed by atoms with van der Waals surface area (Å²) in [4.78, 5) is 44.2. The Kier molecular flexibility index (Phi) is 13.1. The van der Waals surface area contributed by atoms with Crippen LogP contribution in [-0.2, 0) is 30.3 Å². The van der Waals surface area contributed by atoms with Gasteiger partial charge in [0.2, 0.25) is 5.75 Å². The number of piperazine rings is 1. The largest absolute Gasteiger partial charge is 0.493 e. The Morgan fingerprint density at radius 1 is 0.780 bits per heavy atom. The highest BCUT2D eigenvalue weighted by Crippen LogP contribution is 2.40. The molecule has 41 heavy (non-hydrogen) atoms. The van der Waals surface area contributed by atoms with E-state index in [1.807, 2.05) is 12.1 Å². The molecule has 1 aromatic heterocycles. The molecule has 3 rings (SSSR count). The van der Waals surface area contributed by atoms with Gasteiger partial charge in [0.25, 0.3) is 0 Å². The fourth-order valence-corrected chi connectivity index (χ4v) is 4.31. The molecule has 224 valence electrons. The number of carbonyl (C=O) groups is 3. The molecule has 0 amide bonds. The molecule has 12 nitrogen and oxygen atoms in total. The van der Waals surface area contributed by atoms with Crippen molar-refractivity contribution in [1.82, 2.24) is 14.8 Å². The summed E-state index contributed by atoms with van der Waals surface area (Å²) >= 11 is 0. The van der Waals surface area contributed by atoms with Gasteiger partial charge in [0, 0.05) is 63.6 Å². The van der Waals surface area contributed by atoms with Crippen molar-refractivity contribution >= 4 is 17.9 Å². The van der Waals surface area contributed by atoms with Gasteiger partial charge in [-0.15, -0.1) is 0 Å². The van der Waals surface area contributed by atoms with Crippen molar-refractivity contribution in [3.05, 3.63) is 47.8 Å². The van der Waals surface area contributed by atoms with Gasteiger partial charge >= 0.3 is 17.9 Å². The molecule has 12 heteroatoms. The lowest BCUT2D eigenvalue weighted by molar-refractivity contribution is -0.150. The first-order valence-electron chi connectivity index (χ1n) is 13.6. The topological polar surface area (TPSA) is 126 Å². The van der Waals surface area contributed by atoms with Crippen LogP contribution in [0.4, 0.5) is 0 Å². The van der Waals surface area contributed by atoms with Gasteiger partial charge in [-0.05, 0) is 18.2 Å². The van der Waals surface area contributed by atoms with Gasteiger partial charge < -0.3 is 28.4 Å². The summed E-state index contributed by atoms with van der Waals surface area (Å²) in [6.45, 7) is 5.23. The van der Waals surface area contributed by atoms with E-state index in [1.165, 1.54) is 6.20 Å². The number of ether oxygens (including phenoxy) is 6. The van der Waals surface area contributed by atoms with E-state index in [0.29, 0.717) is 35.8 Å². The molecule has 0 radical (unpaired) electrons. The van der Waals surface area contributed by atoms with Crippen molar-refractivity contribution < 1.29 is 42.8 Å². The minimum Gasteiger partial charge on any atom is -0.493 e. The maximum absolute atomic E-state index is 12.0. The lowest BCUT2D eigenvalue weighted by Crippen LogP contribution is -2.46. The van der Waals surface area contributed by atoms with Crippen LogP contribution in [0.15, 0.2) is 36.7 Å². The normalized spacial score (nSPS) is 13.7. The average Bonchev–Trinajstić information content (AvgIpc) is 3.00. The van der Waals surface area contributed by atoms with Gasteiger partial charge in [-0.1, -0.05) is 6.07 Å².